The standard InChI is InChI=1S/C24H21F3N4O3.C2HF3O2/c1-14-11-30(28-23(33)15(14)2)12-16-3-5-19(25)18(9-16)24(34)29-7-8-31(22(32)13-29)17-4-6-20(26)21(27)10-17;3-2(4,5)1(6)7/h3-6,9-11H,7-8,12-13H2,1-2H3;(H,6,7). The van der Waals surface area contributed by atoms with Crippen LogP contribution in [0.3, 0.4) is 0 Å². The number of alkyl halides is 3. The van der Waals surface area contributed by atoms with Gasteiger partial charge >= 0.3 is 11.7 Å². The van der Waals surface area contributed by atoms with E-state index in [-0.39, 0.29) is 43.0 Å². The Morgan fingerprint density at radius 1 is 0.976 bits per heavy atom. The van der Waals surface area contributed by atoms with Crippen molar-refractivity contribution < 1.29 is 50.5 Å². The summed E-state index contributed by atoms with van der Waals surface area (Å²) in [5, 5.41) is 11.5. The van der Waals surface area contributed by atoms with Gasteiger partial charge in [-0.05, 0) is 44.2 Å². The number of halogens is 6. The summed E-state index contributed by atoms with van der Waals surface area (Å²) in [6.07, 6.45) is -3.45. The van der Waals surface area contributed by atoms with Gasteiger partial charge in [0.05, 0.1) is 5.56 Å². The van der Waals surface area contributed by atoms with Gasteiger partial charge in [0, 0.05) is 41.5 Å². The molecule has 1 N–H and O–H groups in total. The van der Waals surface area contributed by atoms with Gasteiger partial charge in [-0.25, -0.2) is 13.2 Å². The molecule has 1 aliphatic heterocycles. The average Bonchev–Trinajstić information content (AvgIpc) is 2.89. The lowest BCUT2D eigenvalue weighted by molar-refractivity contribution is -0.747. The van der Waals surface area contributed by atoms with E-state index in [1.54, 1.807) is 24.7 Å². The summed E-state index contributed by atoms with van der Waals surface area (Å²) in [7, 11) is 0. The second kappa shape index (κ2) is 12.2. The number of carbonyl (C=O) groups is 3. The predicted octanol–water partition coefficient (Wildman–Crippen LogP) is 1.53. The minimum atomic E-state index is -5.19. The van der Waals surface area contributed by atoms with Crippen LogP contribution in [0.2, 0.25) is 0 Å². The molecule has 9 nitrogen and oxygen atoms in total. The number of piperazine rings is 1. The SMILES string of the molecule is Cc1c[n+](Cc2ccc(F)c(C(=O)N3CCN(c4ccc(F)c(F)c4)C(=O)C3)c2)[nH]c(=O)c1C.O=C([O-])C(F)(F)F. The van der Waals surface area contributed by atoms with Gasteiger partial charge < -0.3 is 19.7 Å². The van der Waals surface area contributed by atoms with Crippen LogP contribution in [0.25, 0.3) is 0 Å². The van der Waals surface area contributed by atoms with Crippen molar-refractivity contribution in [1.29, 1.82) is 0 Å². The van der Waals surface area contributed by atoms with Gasteiger partial charge in [0.1, 0.15) is 18.3 Å². The summed E-state index contributed by atoms with van der Waals surface area (Å²) in [6.45, 7) is 3.53. The molecule has 2 amide bonds. The van der Waals surface area contributed by atoms with Gasteiger partial charge in [-0.2, -0.15) is 13.2 Å². The van der Waals surface area contributed by atoms with E-state index in [2.05, 4.69) is 5.10 Å². The first-order valence-corrected chi connectivity index (χ1v) is 11.8. The highest BCUT2D eigenvalue weighted by atomic mass is 19.4. The molecule has 218 valence electrons. The zero-order valence-electron chi connectivity index (χ0n) is 21.5. The van der Waals surface area contributed by atoms with E-state index in [0.29, 0.717) is 11.1 Å². The van der Waals surface area contributed by atoms with E-state index in [0.717, 1.165) is 17.7 Å². The van der Waals surface area contributed by atoms with Crippen LogP contribution in [-0.4, -0.2) is 53.6 Å². The molecule has 1 saturated heterocycles. The zero-order chi connectivity index (χ0) is 30.6. The fraction of sp³-hybridized carbons (Fsp3) is 0.269. The van der Waals surface area contributed by atoms with Gasteiger partial charge in [-0.15, -0.1) is 9.78 Å². The van der Waals surface area contributed by atoms with Crippen LogP contribution in [0.1, 0.15) is 27.0 Å². The molecule has 15 heteroatoms. The van der Waals surface area contributed by atoms with Crippen molar-refractivity contribution in [3.63, 3.8) is 0 Å². The molecule has 2 heterocycles. The minimum Gasteiger partial charge on any atom is -0.542 e. The van der Waals surface area contributed by atoms with Gasteiger partial charge in [0.25, 0.3) is 5.91 Å². The maximum Gasteiger partial charge on any atom is 0.430 e. The van der Waals surface area contributed by atoms with Crippen molar-refractivity contribution in [2.45, 2.75) is 26.6 Å². The summed E-state index contributed by atoms with van der Waals surface area (Å²) in [5.74, 6) is -6.99. The molecule has 0 radical (unpaired) electrons. The lowest BCUT2D eigenvalue weighted by atomic mass is 10.1. The number of nitrogens with one attached hydrogen (secondary N) is 1. The minimum absolute atomic E-state index is 0.0523. The third-order valence-electron chi connectivity index (χ3n) is 6.10. The van der Waals surface area contributed by atoms with Crippen molar-refractivity contribution in [3.05, 3.63) is 92.7 Å². The second-order valence-electron chi connectivity index (χ2n) is 8.98. The fourth-order valence-electron chi connectivity index (χ4n) is 3.82. The molecule has 2 aromatic carbocycles. The first kappa shape index (κ1) is 30.8. The Morgan fingerprint density at radius 2 is 1.61 bits per heavy atom. The Labute approximate surface area is 228 Å². The van der Waals surface area contributed by atoms with Crippen molar-refractivity contribution in [2.75, 3.05) is 24.5 Å². The first-order chi connectivity index (χ1) is 19.1. The number of nitrogens with zero attached hydrogens (tertiary/aromatic N) is 3. The van der Waals surface area contributed by atoms with Gasteiger partial charge in [-0.1, -0.05) is 0 Å². The smallest absolute Gasteiger partial charge is 0.430 e. The highest BCUT2D eigenvalue weighted by Crippen LogP contribution is 2.22. The number of carbonyl (C=O) groups excluding carboxylic acids is 3. The lowest BCUT2D eigenvalue weighted by Gasteiger charge is -2.34. The number of H-pyrrole nitrogens is 1. The number of amides is 2. The fourth-order valence-corrected chi connectivity index (χ4v) is 3.82. The first-order valence-electron chi connectivity index (χ1n) is 11.8. The van der Waals surface area contributed by atoms with Crippen LogP contribution in [0.4, 0.5) is 32.0 Å². The average molecular weight is 584 g/mol. The van der Waals surface area contributed by atoms with E-state index in [4.69, 9.17) is 9.90 Å². The van der Waals surface area contributed by atoms with Crippen molar-refractivity contribution in [1.82, 2.24) is 10.00 Å². The van der Waals surface area contributed by atoms with Crippen LogP contribution in [0.15, 0.2) is 47.4 Å². The van der Waals surface area contributed by atoms with Crippen LogP contribution in [0.5, 0.6) is 0 Å². The molecule has 1 aliphatic rings. The van der Waals surface area contributed by atoms with Crippen molar-refractivity contribution in [2.24, 2.45) is 0 Å². The quantitative estimate of drug-likeness (QED) is 0.369. The number of aromatic nitrogens is 2. The Hall–Kier alpha value is -4.69. The predicted molar refractivity (Wildman–Crippen MR) is 128 cm³/mol. The Bertz CT molecular complexity index is 1560. The number of aryl methyl sites for hydroxylation is 1. The summed E-state index contributed by atoms with van der Waals surface area (Å²) >= 11 is 0. The molecule has 0 spiro atoms. The van der Waals surface area contributed by atoms with Gasteiger partial charge in [-0.3, -0.25) is 14.4 Å². The number of anilines is 1. The summed E-state index contributed by atoms with van der Waals surface area (Å²) in [5.41, 5.74) is 1.72. The highest BCUT2D eigenvalue weighted by molar-refractivity contribution is 6.01. The molecular formula is C26H22F6N4O5. The molecule has 0 atom stereocenters. The highest BCUT2D eigenvalue weighted by Gasteiger charge is 2.31. The Kier molecular flexibility index (Phi) is 9.20. The monoisotopic (exact) mass is 584 g/mol. The maximum atomic E-state index is 14.5. The Morgan fingerprint density at radius 3 is 2.17 bits per heavy atom. The molecular weight excluding hydrogens is 562 g/mol. The van der Waals surface area contributed by atoms with Gasteiger partial charge in [0.2, 0.25) is 5.91 Å². The van der Waals surface area contributed by atoms with Crippen molar-refractivity contribution in [3.8, 4) is 0 Å². The zero-order valence-corrected chi connectivity index (χ0v) is 21.5. The normalized spacial score (nSPS) is 13.5. The summed E-state index contributed by atoms with van der Waals surface area (Å²) in [6, 6.07) is 7.20. The van der Waals surface area contributed by atoms with E-state index >= 15 is 0 Å². The van der Waals surface area contributed by atoms with Crippen molar-refractivity contribution >= 4 is 23.5 Å². The van der Waals surface area contributed by atoms with E-state index in [1.165, 1.54) is 34.1 Å². The Balaban J connectivity index is 0.000000587. The third-order valence-corrected chi connectivity index (χ3v) is 6.10. The topological polar surface area (TPSA) is 117 Å². The number of aliphatic carboxylic acids is 1. The second-order valence-corrected chi connectivity index (χ2v) is 8.98. The number of carboxylic acid groups (broad SMARTS) is 1. The number of hydrogen-bond acceptors (Lipinski definition) is 5. The summed E-state index contributed by atoms with van der Waals surface area (Å²) < 4.78 is 74.4. The molecule has 0 aliphatic carbocycles. The molecule has 0 unspecified atom stereocenters. The van der Waals surface area contributed by atoms with Crippen LogP contribution < -0.4 is 20.2 Å². The maximum absolute atomic E-state index is 14.5. The molecule has 4 rings (SSSR count). The molecule has 41 heavy (non-hydrogen) atoms. The molecule has 0 saturated carbocycles. The third kappa shape index (κ3) is 7.49. The van der Waals surface area contributed by atoms with Crippen LogP contribution >= 0.6 is 0 Å². The van der Waals surface area contributed by atoms with Crippen LogP contribution in [0, 0.1) is 31.3 Å². The number of carboxylic acids is 1. The number of rotatable bonds is 4. The molecule has 1 fully saturated rings. The van der Waals surface area contributed by atoms with Gasteiger partial charge in [0.15, 0.2) is 24.4 Å². The molecule has 1 aromatic heterocycles. The number of benzene rings is 2. The number of aromatic amines is 1. The van der Waals surface area contributed by atoms with Crippen LogP contribution in [-0.2, 0) is 16.1 Å². The lowest BCUT2D eigenvalue weighted by Crippen LogP contribution is -2.52. The molecule has 3 aromatic rings. The van der Waals surface area contributed by atoms with E-state index < -0.39 is 41.4 Å². The largest absolute Gasteiger partial charge is 0.542 e. The number of hydrogen-bond donors (Lipinski definition) is 1. The molecule has 0 bridgehead atoms. The summed E-state index contributed by atoms with van der Waals surface area (Å²) in [4.78, 5) is 48.9. The van der Waals surface area contributed by atoms with E-state index in [1.807, 2.05) is 0 Å². The van der Waals surface area contributed by atoms with E-state index in [9.17, 15) is 40.7 Å².